The molecule has 27 heavy (non-hydrogen) atoms. The van der Waals surface area contributed by atoms with Crippen LogP contribution in [0.3, 0.4) is 0 Å². The van der Waals surface area contributed by atoms with Crippen molar-refractivity contribution in [1.29, 1.82) is 0 Å². The van der Waals surface area contributed by atoms with Gasteiger partial charge in [0.1, 0.15) is 6.23 Å². The molecule has 1 atom stereocenters. The predicted octanol–water partition coefficient (Wildman–Crippen LogP) is 5.42. The maximum absolute atomic E-state index is 12.8. The Morgan fingerprint density at radius 2 is 1.48 bits per heavy atom. The van der Waals surface area contributed by atoms with Crippen LogP contribution in [0.2, 0.25) is 0 Å². The van der Waals surface area contributed by atoms with E-state index in [-0.39, 0.29) is 0 Å². The summed E-state index contributed by atoms with van der Waals surface area (Å²) < 4.78 is 39.4. The molecule has 0 aromatic heterocycles. The minimum Gasteiger partial charge on any atom is -0.377 e. The average Bonchev–Trinajstić information content (AvgIpc) is 2.94. The third kappa shape index (κ3) is 4.17. The molecule has 0 bridgehead atoms. The number of aliphatic hydroxyl groups excluding tert-OH is 1. The molecule has 1 unspecified atom stereocenters. The van der Waals surface area contributed by atoms with Crippen LogP contribution >= 0.6 is 22.6 Å². The summed E-state index contributed by atoms with van der Waals surface area (Å²) in [5.74, 6) is 0. The molecule has 2 aromatic carbocycles. The lowest BCUT2D eigenvalue weighted by atomic mass is 9.72. The number of rotatable bonds is 8. The number of unbranched alkanes of at least 4 members (excludes halogenated alkanes) is 2. The standard InChI is InChI=1S/C21H23F3INO/c22-21(23,24)14-26-19(27)20(12-6-1-7-13-25)17-10-4-2-8-15(17)16-9-3-5-11-18(16)20/h2-5,8-11,19,26-27H,1,6-7,12-14H2. The van der Waals surface area contributed by atoms with Gasteiger partial charge in [0.25, 0.3) is 0 Å². The van der Waals surface area contributed by atoms with Gasteiger partial charge < -0.3 is 5.11 Å². The SMILES string of the molecule is OC(NCC(F)(F)F)C1(CCCCCI)c2ccccc2-c2ccccc21. The van der Waals surface area contributed by atoms with Gasteiger partial charge >= 0.3 is 6.18 Å². The van der Waals surface area contributed by atoms with Crippen molar-refractivity contribution >= 4 is 22.6 Å². The molecule has 0 saturated carbocycles. The predicted molar refractivity (Wildman–Crippen MR) is 110 cm³/mol. The molecule has 0 amide bonds. The first-order valence-corrected chi connectivity index (χ1v) is 10.7. The van der Waals surface area contributed by atoms with E-state index in [1.807, 2.05) is 48.5 Å². The molecule has 0 radical (unpaired) electrons. The summed E-state index contributed by atoms with van der Waals surface area (Å²) in [5.41, 5.74) is 2.93. The van der Waals surface area contributed by atoms with E-state index in [0.717, 1.165) is 45.9 Å². The van der Waals surface area contributed by atoms with Crippen LogP contribution in [0.25, 0.3) is 11.1 Å². The maximum Gasteiger partial charge on any atom is 0.401 e. The maximum atomic E-state index is 12.8. The molecule has 0 heterocycles. The van der Waals surface area contributed by atoms with E-state index in [1.165, 1.54) is 0 Å². The Morgan fingerprint density at radius 3 is 2.00 bits per heavy atom. The van der Waals surface area contributed by atoms with Gasteiger partial charge in [0.2, 0.25) is 0 Å². The lowest BCUT2D eigenvalue weighted by Gasteiger charge is -2.37. The van der Waals surface area contributed by atoms with Crippen LogP contribution < -0.4 is 5.32 Å². The smallest absolute Gasteiger partial charge is 0.377 e. The number of hydrogen-bond donors (Lipinski definition) is 2. The normalized spacial score (nSPS) is 16.0. The van der Waals surface area contributed by atoms with Gasteiger partial charge in [-0.1, -0.05) is 84.0 Å². The lowest BCUT2D eigenvalue weighted by Crippen LogP contribution is -2.50. The topological polar surface area (TPSA) is 32.3 Å². The highest BCUT2D eigenvalue weighted by Crippen LogP contribution is 2.52. The molecule has 146 valence electrons. The van der Waals surface area contributed by atoms with Crippen LogP contribution in [0, 0.1) is 0 Å². The van der Waals surface area contributed by atoms with Crippen LogP contribution in [0.15, 0.2) is 48.5 Å². The Bertz CT molecular complexity index is 733. The molecule has 1 aliphatic rings. The summed E-state index contributed by atoms with van der Waals surface area (Å²) in [6.07, 6.45) is -2.20. The molecule has 1 aliphatic carbocycles. The number of aliphatic hydroxyl groups is 1. The quantitative estimate of drug-likeness (QED) is 0.225. The van der Waals surface area contributed by atoms with Gasteiger partial charge in [0.05, 0.1) is 12.0 Å². The van der Waals surface area contributed by atoms with E-state index < -0.39 is 24.4 Å². The zero-order valence-corrected chi connectivity index (χ0v) is 17.1. The molecule has 2 N–H and O–H groups in total. The Morgan fingerprint density at radius 1 is 0.926 bits per heavy atom. The molecule has 0 fully saturated rings. The molecule has 0 spiro atoms. The van der Waals surface area contributed by atoms with Crippen molar-refractivity contribution in [3.63, 3.8) is 0 Å². The Kier molecular flexibility index (Phi) is 6.48. The van der Waals surface area contributed by atoms with E-state index in [9.17, 15) is 18.3 Å². The fourth-order valence-electron chi connectivity index (χ4n) is 4.12. The molecule has 0 saturated heterocycles. The van der Waals surface area contributed by atoms with Crippen LogP contribution in [0.1, 0.15) is 36.8 Å². The second-order valence-corrected chi connectivity index (χ2v) is 8.04. The summed E-state index contributed by atoms with van der Waals surface area (Å²) in [6, 6.07) is 15.5. The monoisotopic (exact) mass is 489 g/mol. The van der Waals surface area contributed by atoms with E-state index in [0.29, 0.717) is 6.42 Å². The number of nitrogens with one attached hydrogen (secondary N) is 1. The van der Waals surface area contributed by atoms with Crippen molar-refractivity contribution < 1.29 is 18.3 Å². The van der Waals surface area contributed by atoms with Crippen LogP contribution in [0.5, 0.6) is 0 Å². The van der Waals surface area contributed by atoms with Gasteiger partial charge in [-0.3, -0.25) is 5.32 Å². The molecule has 2 aromatic rings. The highest BCUT2D eigenvalue weighted by atomic mass is 127. The fraction of sp³-hybridized carbons (Fsp3) is 0.429. The Balaban J connectivity index is 2.03. The van der Waals surface area contributed by atoms with Crippen molar-refractivity contribution in [2.45, 2.75) is 43.5 Å². The van der Waals surface area contributed by atoms with Crippen molar-refractivity contribution in [2.24, 2.45) is 0 Å². The van der Waals surface area contributed by atoms with Crippen molar-refractivity contribution in [3.05, 3.63) is 59.7 Å². The second kappa shape index (κ2) is 8.49. The number of benzene rings is 2. The van der Waals surface area contributed by atoms with Gasteiger partial charge in [0, 0.05) is 0 Å². The van der Waals surface area contributed by atoms with Gasteiger partial charge in [-0.25, -0.2) is 0 Å². The van der Waals surface area contributed by atoms with Gasteiger partial charge in [0.15, 0.2) is 0 Å². The van der Waals surface area contributed by atoms with Crippen molar-refractivity contribution in [2.75, 3.05) is 11.0 Å². The van der Waals surface area contributed by atoms with Crippen LogP contribution in [0.4, 0.5) is 13.2 Å². The summed E-state index contributed by atoms with van der Waals surface area (Å²) in [4.78, 5) is 0. The minimum absolute atomic E-state index is 0.601. The summed E-state index contributed by atoms with van der Waals surface area (Å²) >= 11 is 2.33. The molecular weight excluding hydrogens is 466 g/mol. The number of halogens is 4. The van der Waals surface area contributed by atoms with Crippen molar-refractivity contribution in [1.82, 2.24) is 5.32 Å². The van der Waals surface area contributed by atoms with Gasteiger partial charge in [-0.15, -0.1) is 0 Å². The minimum atomic E-state index is -4.37. The van der Waals surface area contributed by atoms with Gasteiger partial charge in [-0.2, -0.15) is 13.2 Å². The average molecular weight is 489 g/mol. The summed E-state index contributed by atoms with van der Waals surface area (Å²) in [7, 11) is 0. The first-order valence-electron chi connectivity index (χ1n) is 9.14. The first kappa shape index (κ1) is 20.6. The molecule has 3 rings (SSSR count). The van der Waals surface area contributed by atoms with E-state index in [2.05, 4.69) is 27.9 Å². The Hall–Kier alpha value is -1.12. The van der Waals surface area contributed by atoms with Crippen LogP contribution in [-0.4, -0.2) is 28.5 Å². The third-order valence-electron chi connectivity index (χ3n) is 5.27. The molecule has 6 heteroatoms. The zero-order chi connectivity index (χ0) is 19.5. The third-order valence-corrected chi connectivity index (χ3v) is 6.04. The highest BCUT2D eigenvalue weighted by molar-refractivity contribution is 14.1. The lowest BCUT2D eigenvalue weighted by molar-refractivity contribution is -0.133. The number of alkyl halides is 4. The molecular formula is C21H23F3INO. The molecule has 2 nitrogen and oxygen atoms in total. The second-order valence-electron chi connectivity index (χ2n) is 6.96. The molecule has 0 aliphatic heterocycles. The highest BCUT2D eigenvalue weighted by Gasteiger charge is 2.48. The van der Waals surface area contributed by atoms with E-state index in [4.69, 9.17) is 0 Å². The summed E-state index contributed by atoms with van der Waals surface area (Å²) in [6.45, 7) is -1.21. The fourth-order valence-corrected chi connectivity index (χ4v) is 4.66. The number of fused-ring (bicyclic) bond motifs is 3. The number of hydrogen-bond acceptors (Lipinski definition) is 2. The van der Waals surface area contributed by atoms with Crippen LogP contribution in [-0.2, 0) is 5.41 Å². The van der Waals surface area contributed by atoms with Gasteiger partial charge in [-0.05, 0) is 39.5 Å². The van der Waals surface area contributed by atoms with Crippen molar-refractivity contribution in [3.8, 4) is 11.1 Å². The Labute approximate surface area is 171 Å². The zero-order valence-electron chi connectivity index (χ0n) is 14.9. The largest absolute Gasteiger partial charge is 0.401 e. The van der Waals surface area contributed by atoms with E-state index in [1.54, 1.807) is 0 Å². The first-order chi connectivity index (χ1) is 12.9. The van der Waals surface area contributed by atoms with E-state index >= 15 is 0 Å². The summed E-state index contributed by atoms with van der Waals surface area (Å²) in [5, 5.41) is 13.4.